The molecule has 0 radical (unpaired) electrons. The van der Waals surface area contributed by atoms with E-state index in [0.717, 1.165) is 6.42 Å². The van der Waals surface area contributed by atoms with E-state index in [0.29, 0.717) is 30.8 Å². The molecule has 0 aliphatic carbocycles. The molecule has 2 amide bonds. The van der Waals surface area contributed by atoms with Crippen molar-refractivity contribution in [2.45, 2.75) is 38.5 Å². The Balaban J connectivity index is 1.78. The third-order valence-electron chi connectivity index (χ3n) is 4.04. The van der Waals surface area contributed by atoms with Gasteiger partial charge in [0.15, 0.2) is 5.79 Å². The van der Waals surface area contributed by atoms with Gasteiger partial charge < -0.3 is 9.47 Å². The summed E-state index contributed by atoms with van der Waals surface area (Å²) >= 11 is 0. The number of ether oxygens (including phenoxy) is 2. The van der Waals surface area contributed by atoms with E-state index in [2.05, 4.69) is 0 Å². The Morgan fingerprint density at radius 3 is 2.19 bits per heavy atom. The SMILES string of the molecule is C[C@@H](CC1(C)OCCCO1)N1C(=O)c2ccccc2C1=O. The van der Waals surface area contributed by atoms with Crippen LogP contribution < -0.4 is 0 Å². The largest absolute Gasteiger partial charge is 0.350 e. The summed E-state index contributed by atoms with van der Waals surface area (Å²) in [5.41, 5.74) is 0.954. The van der Waals surface area contributed by atoms with Crippen LogP contribution in [-0.4, -0.2) is 41.8 Å². The number of carbonyl (C=O) groups is 2. The van der Waals surface area contributed by atoms with Gasteiger partial charge in [0.05, 0.1) is 24.3 Å². The van der Waals surface area contributed by atoms with E-state index < -0.39 is 5.79 Å². The van der Waals surface area contributed by atoms with Gasteiger partial charge >= 0.3 is 0 Å². The summed E-state index contributed by atoms with van der Waals surface area (Å²) in [5.74, 6) is -1.20. The van der Waals surface area contributed by atoms with Crippen molar-refractivity contribution in [1.29, 1.82) is 0 Å². The van der Waals surface area contributed by atoms with Gasteiger partial charge in [0, 0.05) is 12.5 Å². The molecule has 2 aliphatic heterocycles. The highest BCUT2D eigenvalue weighted by Gasteiger charge is 2.41. The average Bonchev–Trinajstić information content (AvgIpc) is 2.72. The summed E-state index contributed by atoms with van der Waals surface area (Å²) in [4.78, 5) is 26.2. The van der Waals surface area contributed by atoms with E-state index >= 15 is 0 Å². The maximum absolute atomic E-state index is 12.4. The second kappa shape index (κ2) is 5.24. The zero-order valence-electron chi connectivity index (χ0n) is 12.3. The molecule has 1 fully saturated rings. The van der Waals surface area contributed by atoms with Gasteiger partial charge in [-0.3, -0.25) is 14.5 Å². The predicted molar refractivity (Wildman–Crippen MR) is 75.9 cm³/mol. The molecule has 0 unspecified atom stereocenters. The van der Waals surface area contributed by atoms with Gasteiger partial charge in [-0.25, -0.2) is 0 Å². The second-order valence-electron chi connectivity index (χ2n) is 5.76. The lowest BCUT2D eigenvalue weighted by Gasteiger charge is -2.37. The Labute approximate surface area is 123 Å². The van der Waals surface area contributed by atoms with Gasteiger partial charge in [-0.2, -0.15) is 0 Å². The molecule has 112 valence electrons. The summed E-state index contributed by atoms with van der Waals surface area (Å²) in [6.45, 7) is 5.01. The minimum atomic E-state index is -0.729. The van der Waals surface area contributed by atoms with Crippen molar-refractivity contribution in [2.24, 2.45) is 0 Å². The number of benzene rings is 1. The molecule has 1 aromatic rings. The van der Waals surface area contributed by atoms with Crippen molar-refractivity contribution in [2.75, 3.05) is 13.2 Å². The molecule has 5 heteroatoms. The normalized spacial score (nSPS) is 22.3. The van der Waals surface area contributed by atoms with Crippen LogP contribution in [0.1, 0.15) is 47.4 Å². The van der Waals surface area contributed by atoms with Gasteiger partial charge in [-0.05, 0) is 32.4 Å². The van der Waals surface area contributed by atoms with Crippen molar-refractivity contribution in [3.8, 4) is 0 Å². The number of fused-ring (bicyclic) bond motifs is 1. The number of imide groups is 1. The van der Waals surface area contributed by atoms with Gasteiger partial charge in [-0.1, -0.05) is 12.1 Å². The standard InChI is InChI=1S/C16H19NO4/c1-11(10-16(2)20-8-5-9-21-16)17-14(18)12-6-3-4-7-13(12)15(17)19/h3-4,6-7,11H,5,8-10H2,1-2H3/t11-/m0/s1. The third-order valence-corrected chi connectivity index (χ3v) is 4.04. The van der Waals surface area contributed by atoms with Crippen molar-refractivity contribution in [1.82, 2.24) is 4.90 Å². The number of hydrogen-bond donors (Lipinski definition) is 0. The Bertz CT molecular complexity index is 542. The zero-order chi connectivity index (χ0) is 15.0. The molecule has 21 heavy (non-hydrogen) atoms. The topological polar surface area (TPSA) is 55.8 Å². The van der Waals surface area contributed by atoms with E-state index in [1.807, 2.05) is 13.8 Å². The molecule has 0 spiro atoms. The van der Waals surface area contributed by atoms with Crippen LogP contribution in [0.3, 0.4) is 0 Å². The highest BCUT2D eigenvalue weighted by molar-refractivity contribution is 6.21. The van der Waals surface area contributed by atoms with Gasteiger partial charge in [-0.15, -0.1) is 0 Å². The predicted octanol–water partition coefficient (Wildman–Crippen LogP) is 2.21. The molecule has 0 aromatic heterocycles. The molecular weight excluding hydrogens is 270 g/mol. The van der Waals surface area contributed by atoms with E-state index in [9.17, 15) is 9.59 Å². The van der Waals surface area contributed by atoms with Crippen LogP contribution in [0.5, 0.6) is 0 Å². The molecular formula is C16H19NO4. The van der Waals surface area contributed by atoms with Crippen molar-refractivity contribution >= 4 is 11.8 Å². The molecule has 1 atom stereocenters. The van der Waals surface area contributed by atoms with Crippen LogP contribution in [0.25, 0.3) is 0 Å². The Morgan fingerprint density at radius 2 is 1.67 bits per heavy atom. The van der Waals surface area contributed by atoms with Gasteiger partial charge in [0.2, 0.25) is 0 Å². The lowest BCUT2D eigenvalue weighted by molar-refractivity contribution is -0.262. The first-order chi connectivity index (χ1) is 10.0. The zero-order valence-corrected chi connectivity index (χ0v) is 12.3. The summed E-state index contributed by atoms with van der Waals surface area (Å²) in [6.07, 6.45) is 1.34. The first kappa shape index (κ1) is 14.2. The molecule has 3 rings (SSSR count). The first-order valence-corrected chi connectivity index (χ1v) is 7.27. The lowest BCUT2D eigenvalue weighted by atomic mass is 10.1. The number of nitrogens with zero attached hydrogens (tertiary/aromatic N) is 1. The van der Waals surface area contributed by atoms with Crippen LogP contribution in [0.2, 0.25) is 0 Å². The van der Waals surface area contributed by atoms with Crippen molar-refractivity contribution in [3.63, 3.8) is 0 Å². The van der Waals surface area contributed by atoms with E-state index in [-0.39, 0.29) is 17.9 Å². The van der Waals surface area contributed by atoms with Crippen LogP contribution in [-0.2, 0) is 9.47 Å². The van der Waals surface area contributed by atoms with Crippen LogP contribution in [0.4, 0.5) is 0 Å². The van der Waals surface area contributed by atoms with E-state index in [4.69, 9.17) is 9.47 Å². The molecule has 1 saturated heterocycles. The Morgan fingerprint density at radius 1 is 1.14 bits per heavy atom. The minimum Gasteiger partial charge on any atom is -0.350 e. The summed E-state index contributed by atoms with van der Waals surface area (Å²) in [5, 5.41) is 0. The number of rotatable bonds is 3. The monoisotopic (exact) mass is 289 g/mol. The molecule has 2 aliphatic rings. The summed E-state index contributed by atoms with van der Waals surface area (Å²) in [7, 11) is 0. The highest BCUT2D eigenvalue weighted by Crippen LogP contribution is 2.30. The smallest absolute Gasteiger partial charge is 0.261 e. The molecule has 0 N–H and O–H groups in total. The first-order valence-electron chi connectivity index (χ1n) is 7.27. The summed E-state index contributed by atoms with van der Waals surface area (Å²) < 4.78 is 11.3. The maximum atomic E-state index is 12.4. The third kappa shape index (κ3) is 2.47. The van der Waals surface area contributed by atoms with Gasteiger partial charge in [0.1, 0.15) is 0 Å². The van der Waals surface area contributed by atoms with Crippen LogP contribution in [0.15, 0.2) is 24.3 Å². The second-order valence-corrected chi connectivity index (χ2v) is 5.76. The van der Waals surface area contributed by atoms with Crippen LogP contribution in [0, 0.1) is 0 Å². The van der Waals surface area contributed by atoms with Crippen molar-refractivity contribution < 1.29 is 19.1 Å². The number of carbonyl (C=O) groups excluding carboxylic acids is 2. The highest BCUT2D eigenvalue weighted by atomic mass is 16.7. The summed E-state index contributed by atoms with van der Waals surface area (Å²) in [6, 6.07) is 6.65. The fraction of sp³-hybridized carbons (Fsp3) is 0.500. The fourth-order valence-electron chi connectivity index (χ4n) is 3.03. The quantitative estimate of drug-likeness (QED) is 0.801. The average molecular weight is 289 g/mol. The molecule has 1 aromatic carbocycles. The fourth-order valence-corrected chi connectivity index (χ4v) is 3.03. The Hall–Kier alpha value is -1.72. The maximum Gasteiger partial charge on any atom is 0.261 e. The number of hydrogen-bond acceptors (Lipinski definition) is 4. The minimum absolute atomic E-state index is 0.234. The lowest BCUT2D eigenvalue weighted by Crippen LogP contribution is -2.46. The molecule has 0 bridgehead atoms. The van der Waals surface area contributed by atoms with E-state index in [1.54, 1.807) is 24.3 Å². The van der Waals surface area contributed by atoms with Gasteiger partial charge in [0.25, 0.3) is 11.8 Å². The van der Waals surface area contributed by atoms with Crippen molar-refractivity contribution in [3.05, 3.63) is 35.4 Å². The van der Waals surface area contributed by atoms with E-state index in [1.165, 1.54) is 4.90 Å². The molecule has 5 nitrogen and oxygen atoms in total. The molecule has 2 heterocycles. The Kier molecular flexibility index (Phi) is 3.55. The van der Waals surface area contributed by atoms with Crippen LogP contribution >= 0.6 is 0 Å². The number of amides is 2. The molecule has 0 saturated carbocycles.